The van der Waals surface area contributed by atoms with E-state index in [9.17, 15) is 0 Å². The molecule has 2 aliphatic rings. The van der Waals surface area contributed by atoms with Gasteiger partial charge in [-0.25, -0.2) is 10.8 Å². The number of hydrogen-bond acceptors (Lipinski definition) is 4. The number of nitrogens with one attached hydrogen (secondary N) is 1. The van der Waals surface area contributed by atoms with Gasteiger partial charge >= 0.3 is 0 Å². The Labute approximate surface area is 64.2 Å². The lowest BCUT2D eigenvalue weighted by Gasteiger charge is -2.21. The average molecular weight is 157 g/mol. The van der Waals surface area contributed by atoms with Gasteiger partial charge < -0.3 is 9.62 Å². The smallest absolute Gasteiger partial charge is 0.156 e. The van der Waals surface area contributed by atoms with Gasteiger partial charge in [-0.1, -0.05) is 4.99 Å². The van der Waals surface area contributed by atoms with E-state index in [1.54, 1.807) is 0 Å². The zero-order chi connectivity index (χ0) is 7.52. The van der Waals surface area contributed by atoms with Crippen LogP contribution in [0, 0.1) is 0 Å². The molecular weight excluding hydrogens is 148 g/mol. The Morgan fingerprint density at radius 1 is 1.64 bits per heavy atom. The minimum Gasteiger partial charge on any atom is -0.369 e. The number of rotatable bonds is 1. The third kappa shape index (κ3) is 1.45. The first-order valence-electron chi connectivity index (χ1n) is 3.50. The summed E-state index contributed by atoms with van der Waals surface area (Å²) in [4.78, 5) is 8.96. The van der Waals surface area contributed by atoms with Crippen LogP contribution in [0.4, 0.5) is 0 Å². The van der Waals surface area contributed by atoms with Crippen molar-refractivity contribution in [3.63, 3.8) is 0 Å². The summed E-state index contributed by atoms with van der Waals surface area (Å²) in [6.45, 7) is 2.13. The van der Waals surface area contributed by atoms with Crippen molar-refractivity contribution in [3.05, 3.63) is 12.0 Å². The molecule has 1 N–H and O–H groups in total. The van der Waals surface area contributed by atoms with Gasteiger partial charge in [0, 0.05) is 13.1 Å². The zero-order valence-corrected chi connectivity index (χ0v) is 5.95. The van der Waals surface area contributed by atoms with Gasteiger partial charge in [0.15, 0.2) is 6.26 Å². The quantitative estimate of drug-likeness (QED) is 0.511. The second kappa shape index (κ2) is 3.08. The predicted molar refractivity (Wildman–Crippen MR) is 35.0 cm³/mol. The fourth-order valence-electron chi connectivity index (χ4n) is 1.02. The molecule has 0 aromatic rings. The van der Waals surface area contributed by atoms with Crippen LogP contribution >= 0.6 is 0 Å². The van der Waals surface area contributed by atoms with Crippen molar-refractivity contribution < 1.29 is 14.6 Å². The average Bonchev–Trinajstić information content (AvgIpc) is 2.58. The molecule has 11 heavy (non-hydrogen) atoms. The molecule has 5 nitrogen and oxygen atoms in total. The van der Waals surface area contributed by atoms with E-state index in [0.29, 0.717) is 13.2 Å². The standard InChI is InChI=1S/C6H9N2O3/c1-2-9-6(3-7-1)5-4-10-11-8-5/h4,6,8H,1-3H2. The predicted octanol–water partition coefficient (Wildman–Crippen LogP) is -0.703. The fourth-order valence-corrected chi connectivity index (χ4v) is 1.02. The van der Waals surface area contributed by atoms with Crippen LogP contribution < -0.4 is 10.8 Å². The third-order valence-corrected chi connectivity index (χ3v) is 1.59. The van der Waals surface area contributed by atoms with Crippen molar-refractivity contribution in [3.8, 4) is 0 Å². The lowest BCUT2D eigenvalue weighted by molar-refractivity contribution is -0.266. The summed E-state index contributed by atoms with van der Waals surface area (Å²) in [6, 6.07) is 0. The molecule has 0 aliphatic carbocycles. The van der Waals surface area contributed by atoms with E-state index in [0.717, 1.165) is 12.2 Å². The summed E-state index contributed by atoms with van der Waals surface area (Å²) in [6.07, 6.45) is 1.47. The third-order valence-electron chi connectivity index (χ3n) is 1.59. The molecule has 0 spiro atoms. The van der Waals surface area contributed by atoms with Gasteiger partial charge in [0.2, 0.25) is 0 Å². The zero-order valence-electron chi connectivity index (χ0n) is 5.95. The number of ether oxygens (including phenoxy) is 1. The molecule has 2 aliphatic heterocycles. The summed E-state index contributed by atoms with van der Waals surface area (Å²) in [5.41, 5.74) is 3.38. The Balaban J connectivity index is 1.92. The van der Waals surface area contributed by atoms with Gasteiger partial charge in [-0.15, -0.1) is 0 Å². The van der Waals surface area contributed by atoms with E-state index in [1.807, 2.05) is 0 Å². The lowest BCUT2D eigenvalue weighted by atomic mass is 10.2. The maximum atomic E-state index is 5.38. The Morgan fingerprint density at radius 3 is 3.27 bits per heavy atom. The largest absolute Gasteiger partial charge is 0.369 e. The topological polar surface area (TPSA) is 53.8 Å². The van der Waals surface area contributed by atoms with Gasteiger partial charge in [-0.05, 0) is 0 Å². The molecule has 1 saturated heterocycles. The van der Waals surface area contributed by atoms with Gasteiger partial charge in [0.25, 0.3) is 0 Å². The first-order chi connectivity index (χ1) is 5.47. The molecule has 61 valence electrons. The van der Waals surface area contributed by atoms with E-state index in [4.69, 9.17) is 4.74 Å². The summed E-state index contributed by atoms with van der Waals surface area (Å²) >= 11 is 0. The Kier molecular flexibility index (Phi) is 1.93. The van der Waals surface area contributed by atoms with Gasteiger partial charge in [0.05, 0.1) is 6.61 Å². The second-order valence-electron chi connectivity index (χ2n) is 2.34. The molecule has 2 rings (SSSR count). The fraction of sp³-hybridized carbons (Fsp3) is 0.667. The summed E-state index contributed by atoms with van der Waals surface area (Å²) < 4.78 is 5.38. The van der Waals surface area contributed by atoms with Crippen molar-refractivity contribution in [2.75, 3.05) is 19.7 Å². The first kappa shape index (κ1) is 6.90. The van der Waals surface area contributed by atoms with Crippen LogP contribution in [0.1, 0.15) is 0 Å². The molecule has 0 aromatic carbocycles. The van der Waals surface area contributed by atoms with Crippen molar-refractivity contribution >= 4 is 0 Å². The molecule has 0 saturated carbocycles. The van der Waals surface area contributed by atoms with E-state index < -0.39 is 0 Å². The maximum absolute atomic E-state index is 5.38. The Hall–Kier alpha value is -0.780. The molecule has 2 heterocycles. The van der Waals surface area contributed by atoms with Crippen LogP contribution in [0.2, 0.25) is 0 Å². The van der Waals surface area contributed by atoms with E-state index in [1.165, 1.54) is 6.26 Å². The van der Waals surface area contributed by atoms with Crippen LogP contribution in [0.5, 0.6) is 0 Å². The lowest BCUT2D eigenvalue weighted by Crippen LogP contribution is -2.37. The van der Waals surface area contributed by atoms with Crippen LogP contribution in [0.25, 0.3) is 0 Å². The number of hydroxylamine groups is 1. The molecule has 0 amide bonds. The molecule has 5 heteroatoms. The van der Waals surface area contributed by atoms with Crippen molar-refractivity contribution in [1.82, 2.24) is 10.8 Å². The van der Waals surface area contributed by atoms with Gasteiger partial charge in [0.1, 0.15) is 11.8 Å². The van der Waals surface area contributed by atoms with Crippen LogP contribution in [-0.4, -0.2) is 25.8 Å². The Bertz CT molecular complexity index is 165. The van der Waals surface area contributed by atoms with Crippen LogP contribution in [0.3, 0.4) is 0 Å². The number of hydrogen-bond donors (Lipinski definition) is 1. The second-order valence-corrected chi connectivity index (χ2v) is 2.34. The molecule has 1 radical (unpaired) electrons. The summed E-state index contributed by atoms with van der Waals surface area (Å²) in [5.74, 6) is 0. The molecule has 1 unspecified atom stereocenters. The van der Waals surface area contributed by atoms with Crippen molar-refractivity contribution in [2.24, 2.45) is 0 Å². The van der Waals surface area contributed by atoms with E-state index >= 15 is 0 Å². The number of morpholine rings is 1. The van der Waals surface area contributed by atoms with Gasteiger partial charge in [-0.3, -0.25) is 0 Å². The maximum Gasteiger partial charge on any atom is 0.156 e. The molecule has 0 bridgehead atoms. The van der Waals surface area contributed by atoms with Crippen LogP contribution in [-0.2, 0) is 14.6 Å². The molecule has 1 atom stereocenters. The first-order valence-corrected chi connectivity index (χ1v) is 3.50. The highest BCUT2D eigenvalue weighted by Crippen LogP contribution is 2.10. The van der Waals surface area contributed by atoms with Crippen molar-refractivity contribution in [2.45, 2.75) is 6.10 Å². The highest BCUT2D eigenvalue weighted by atomic mass is 17.3. The SMILES string of the molecule is C1=C(C2C[N]CCO2)NOO1. The van der Waals surface area contributed by atoms with E-state index in [-0.39, 0.29) is 6.10 Å². The minimum absolute atomic E-state index is 0.0220. The van der Waals surface area contributed by atoms with Crippen LogP contribution in [0.15, 0.2) is 12.0 Å². The minimum atomic E-state index is -0.0220. The molecule has 0 aromatic heterocycles. The molecular formula is C6H9N2O3. The Morgan fingerprint density at radius 2 is 2.64 bits per heavy atom. The normalized spacial score (nSPS) is 30.5. The summed E-state index contributed by atoms with van der Waals surface area (Å²) in [5, 5.41) is 4.19. The van der Waals surface area contributed by atoms with Crippen molar-refractivity contribution in [1.29, 1.82) is 0 Å². The highest BCUT2D eigenvalue weighted by molar-refractivity contribution is 5.04. The van der Waals surface area contributed by atoms with E-state index in [2.05, 4.69) is 20.7 Å². The number of nitrogens with zero attached hydrogens (tertiary/aromatic N) is 1. The van der Waals surface area contributed by atoms with Gasteiger partial charge in [-0.2, -0.15) is 0 Å². The summed E-state index contributed by atoms with van der Waals surface area (Å²) in [7, 11) is 0. The highest BCUT2D eigenvalue weighted by Gasteiger charge is 2.22. The molecule has 1 fully saturated rings. The monoisotopic (exact) mass is 157 g/mol.